The summed E-state index contributed by atoms with van der Waals surface area (Å²) in [5, 5.41) is 3.65. The first-order chi connectivity index (χ1) is 7.66. The molecule has 2 rings (SSSR count). The Morgan fingerprint density at radius 1 is 1.25 bits per heavy atom. The molecule has 0 bridgehead atoms. The summed E-state index contributed by atoms with van der Waals surface area (Å²) in [4.78, 5) is 2.68. The Balaban J connectivity index is 1.68. The first-order valence-corrected chi connectivity index (χ1v) is 7.11. The molecule has 2 heterocycles. The molecular formula is C14H28N2. The highest BCUT2D eigenvalue weighted by molar-refractivity contribution is 4.81. The molecule has 1 N–H and O–H groups in total. The van der Waals surface area contributed by atoms with Gasteiger partial charge in [-0.15, -0.1) is 0 Å². The molecule has 0 aromatic carbocycles. The molecule has 2 heteroatoms. The molecule has 0 aromatic heterocycles. The van der Waals surface area contributed by atoms with Crippen molar-refractivity contribution in [3.63, 3.8) is 0 Å². The van der Waals surface area contributed by atoms with E-state index in [1.807, 2.05) is 0 Å². The number of likely N-dealkylation sites (tertiary alicyclic amines) is 1. The van der Waals surface area contributed by atoms with Crippen LogP contribution >= 0.6 is 0 Å². The maximum atomic E-state index is 3.65. The lowest BCUT2D eigenvalue weighted by molar-refractivity contribution is 0.112. The standard InChI is InChI=1S/C14H28N2/c1-14(2)8-5-10-16(12-14)11-7-13-6-3-4-9-15-13/h13,15H,3-12H2,1-2H3. The monoisotopic (exact) mass is 224 g/mol. The van der Waals surface area contributed by atoms with E-state index in [4.69, 9.17) is 0 Å². The van der Waals surface area contributed by atoms with Gasteiger partial charge in [-0.1, -0.05) is 20.3 Å². The normalized spacial score (nSPS) is 31.5. The fraction of sp³-hybridized carbons (Fsp3) is 1.00. The Bertz CT molecular complexity index is 207. The Hall–Kier alpha value is -0.0800. The van der Waals surface area contributed by atoms with Gasteiger partial charge in [-0.2, -0.15) is 0 Å². The average Bonchev–Trinajstić information content (AvgIpc) is 2.27. The van der Waals surface area contributed by atoms with Crippen LogP contribution in [0.3, 0.4) is 0 Å². The van der Waals surface area contributed by atoms with E-state index in [9.17, 15) is 0 Å². The Morgan fingerprint density at radius 2 is 2.12 bits per heavy atom. The number of nitrogens with one attached hydrogen (secondary N) is 1. The van der Waals surface area contributed by atoms with Crippen molar-refractivity contribution in [2.24, 2.45) is 5.41 Å². The molecule has 0 radical (unpaired) electrons. The zero-order valence-corrected chi connectivity index (χ0v) is 11.1. The van der Waals surface area contributed by atoms with Crippen LogP contribution in [0, 0.1) is 5.41 Å². The van der Waals surface area contributed by atoms with Crippen LogP contribution < -0.4 is 5.32 Å². The molecule has 0 amide bonds. The van der Waals surface area contributed by atoms with Gasteiger partial charge in [0.15, 0.2) is 0 Å². The second kappa shape index (κ2) is 5.50. The number of hydrogen-bond donors (Lipinski definition) is 1. The van der Waals surface area contributed by atoms with Crippen LogP contribution in [-0.4, -0.2) is 37.1 Å². The molecule has 2 saturated heterocycles. The summed E-state index contributed by atoms with van der Waals surface area (Å²) in [5.74, 6) is 0. The van der Waals surface area contributed by atoms with E-state index in [0.29, 0.717) is 5.41 Å². The lowest BCUT2D eigenvalue weighted by atomic mass is 9.84. The van der Waals surface area contributed by atoms with E-state index in [1.54, 1.807) is 0 Å². The van der Waals surface area contributed by atoms with Crippen molar-refractivity contribution in [2.45, 2.75) is 58.4 Å². The third-order valence-corrected chi connectivity index (χ3v) is 4.19. The molecule has 0 aromatic rings. The smallest absolute Gasteiger partial charge is 0.00792 e. The molecule has 2 aliphatic rings. The van der Waals surface area contributed by atoms with Crippen LogP contribution in [0.5, 0.6) is 0 Å². The number of piperidine rings is 2. The molecule has 2 fully saturated rings. The fourth-order valence-corrected chi connectivity index (χ4v) is 3.24. The summed E-state index contributed by atoms with van der Waals surface area (Å²) in [7, 11) is 0. The molecule has 2 aliphatic heterocycles. The second-order valence-corrected chi connectivity index (χ2v) is 6.48. The highest BCUT2D eigenvalue weighted by atomic mass is 15.1. The SMILES string of the molecule is CC1(C)CCCN(CCC2CCCCN2)C1. The predicted octanol–water partition coefficient (Wildman–Crippen LogP) is 2.64. The minimum atomic E-state index is 0.554. The van der Waals surface area contributed by atoms with Crippen molar-refractivity contribution >= 4 is 0 Å². The van der Waals surface area contributed by atoms with E-state index in [1.165, 1.54) is 64.7 Å². The summed E-state index contributed by atoms with van der Waals surface area (Å²) in [5.41, 5.74) is 0.554. The van der Waals surface area contributed by atoms with Crippen LogP contribution in [0.2, 0.25) is 0 Å². The topological polar surface area (TPSA) is 15.3 Å². The average molecular weight is 224 g/mol. The van der Waals surface area contributed by atoms with Gasteiger partial charge in [0.1, 0.15) is 0 Å². The van der Waals surface area contributed by atoms with Gasteiger partial charge in [-0.05, 0) is 57.2 Å². The van der Waals surface area contributed by atoms with Crippen molar-refractivity contribution < 1.29 is 0 Å². The highest BCUT2D eigenvalue weighted by Gasteiger charge is 2.26. The Kier molecular flexibility index (Phi) is 4.26. The van der Waals surface area contributed by atoms with Gasteiger partial charge in [0, 0.05) is 12.6 Å². The minimum Gasteiger partial charge on any atom is -0.314 e. The van der Waals surface area contributed by atoms with Gasteiger partial charge in [0.05, 0.1) is 0 Å². The Morgan fingerprint density at radius 3 is 2.81 bits per heavy atom. The summed E-state index contributed by atoms with van der Waals surface area (Å²) in [6.45, 7) is 10.0. The third-order valence-electron chi connectivity index (χ3n) is 4.19. The van der Waals surface area contributed by atoms with Gasteiger partial charge in [0.25, 0.3) is 0 Å². The highest BCUT2D eigenvalue weighted by Crippen LogP contribution is 2.28. The summed E-state index contributed by atoms with van der Waals surface area (Å²) in [6.07, 6.45) is 8.37. The van der Waals surface area contributed by atoms with Crippen molar-refractivity contribution in [1.82, 2.24) is 10.2 Å². The number of hydrogen-bond acceptors (Lipinski definition) is 2. The maximum Gasteiger partial charge on any atom is 0.00792 e. The van der Waals surface area contributed by atoms with Crippen LogP contribution in [0.15, 0.2) is 0 Å². The zero-order valence-electron chi connectivity index (χ0n) is 11.1. The zero-order chi connectivity index (χ0) is 11.4. The largest absolute Gasteiger partial charge is 0.314 e. The predicted molar refractivity (Wildman–Crippen MR) is 69.7 cm³/mol. The third kappa shape index (κ3) is 3.74. The number of rotatable bonds is 3. The van der Waals surface area contributed by atoms with E-state index in [-0.39, 0.29) is 0 Å². The van der Waals surface area contributed by atoms with Crippen molar-refractivity contribution in [1.29, 1.82) is 0 Å². The molecular weight excluding hydrogens is 196 g/mol. The first kappa shape index (κ1) is 12.4. The van der Waals surface area contributed by atoms with Crippen molar-refractivity contribution in [2.75, 3.05) is 26.2 Å². The van der Waals surface area contributed by atoms with Crippen LogP contribution in [0.4, 0.5) is 0 Å². The number of nitrogens with zero attached hydrogens (tertiary/aromatic N) is 1. The van der Waals surface area contributed by atoms with E-state index in [2.05, 4.69) is 24.1 Å². The molecule has 0 aliphatic carbocycles. The summed E-state index contributed by atoms with van der Waals surface area (Å²) < 4.78 is 0. The minimum absolute atomic E-state index is 0.554. The van der Waals surface area contributed by atoms with Gasteiger partial charge >= 0.3 is 0 Å². The molecule has 0 spiro atoms. The van der Waals surface area contributed by atoms with Crippen molar-refractivity contribution in [3.8, 4) is 0 Å². The molecule has 0 saturated carbocycles. The quantitative estimate of drug-likeness (QED) is 0.793. The van der Waals surface area contributed by atoms with Crippen molar-refractivity contribution in [3.05, 3.63) is 0 Å². The van der Waals surface area contributed by atoms with Crippen LogP contribution in [-0.2, 0) is 0 Å². The van der Waals surface area contributed by atoms with E-state index in [0.717, 1.165) is 6.04 Å². The fourth-order valence-electron chi connectivity index (χ4n) is 3.24. The molecule has 1 atom stereocenters. The lowest BCUT2D eigenvalue weighted by Gasteiger charge is -2.39. The van der Waals surface area contributed by atoms with E-state index < -0.39 is 0 Å². The van der Waals surface area contributed by atoms with Gasteiger partial charge in [-0.3, -0.25) is 0 Å². The first-order valence-electron chi connectivity index (χ1n) is 7.11. The van der Waals surface area contributed by atoms with Gasteiger partial charge in [-0.25, -0.2) is 0 Å². The van der Waals surface area contributed by atoms with Crippen LogP contribution in [0.1, 0.15) is 52.4 Å². The molecule has 2 nitrogen and oxygen atoms in total. The molecule has 94 valence electrons. The summed E-state index contributed by atoms with van der Waals surface area (Å²) >= 11 is 0. The summed E-state index contributed by atoms with van der Waals surface area (Å²) in [6, 6.07) is 0.804. The van der Waals surface area contributed by atoms with Gasteiger partial charge < -0.3 is 10.2 Å². The van der Waals surface area contributed by atoms with E-state index >= 15 is 0 Å². The van der Waals surface area contributed by atoms with Crippen LogP contribution in [0.25, 0.3) is 0 Å². The second-order valence-electron chi connectivity index (χ2n) is 6.48. The molecule has 1 unspecified atom stereocenters. The Labute approximate surface area is 101 Å². The lowest BCUT2D eigenvalue weighted by Crippen LogP contribution is -2.43. The van der Waals surface area contributed by atoms with Gasteiger partial charge in [0.2, 0.25) is 0 Å². The molecule has 16 heavy (non-hydrogen) atoms. The maximum absolute atomic E-state index is 3.65.